The number of hydrogen-bond donors (Lipinski definition) is 0. The van der Waals surface area contributed by atoms with E-state index in [-0.39, 0.29) is 5.78 Å². The lowest BCUT2D eigenvalue weighted by molar-refractivity contribution is 0.0967. The van der Waals surface area contributed by atoms with Crippen molar-refractivity contribution in [3.63, 3.8) is 0 Å². The SMILES string of the molecule is CCCC(=O)c1nc(-c2ccc(Br)cc2)cn1CC. The normalized spacial score (nSPS) is 10.7. The second-order valence-electron chi connectivity index (χ2n) is 4.42. The molecule has 0 N–H and O–H groups in total. The molecular formula is C15H17BrN2O. The van der Waals surface area contributed by atoms with Crippen molar-refractivity contribution in [2.75, 3.05) is 0 Å². The summed E-state index contributed by atoms with van der Waals surface area (Å²) in [5.74, 6) is 0.690. The van der Waals surface area contributed by atoms with E-state index in [1.807, 2.05) is 48.9 Å². The fraction of sp³-hybridized carbons (Fsp3) is 0.333. The number of rotatable bonds is 5. The van der Waals surface area contributed by atoms with E-state index in [1.54, 1.807) is 0 Å². The van der Waals surface area contributed by atoms with Gasteiger partial charge in [-0.2, -0.15) is 0 Å². The molecule has 0 saturated heterocycles. The molecule has 0 spiro atoms. The van der Waals surface area contributed by atoms with Gasteiger partial charge < -0.3 is 4.57 Å². The van der Waals surface area contributed by atoms with Crippen molar-refractivity contribution in [3.8, 4) is 11.3 Å². The molecule has 0 aliphatic carbocycles. The smallest absolute Gasteiger partial charge is 0.198 e. The van der Waals surface area contributed by atoms with E-state index >= 15 is 0 Å². The van der Waals surface area contributed by atoms with E-state index in [1.165, 1.54) is 0 Å². The molecule has 1 aromatic carbocycles. The van der Waals surface area contributed by atoms with Crippen LogP contribution in [0.15, 0.2) is 34.9 Å². The van der Waals surface area contributed by atoms with E-state index < -0.39 is 0 Å². The quantitative estimate of drug-likeness (QED) is 0.769. The van der Waals surface area contributed by atoms with E-state index in [4.69, 9.17) is 0 Å². The number of carbonyl (C=O) groups excluding carboxylic acids is 1. The monoisotopic (exact) mass is 320 g/mol. The number of aryl methyl sites for hydroxylation is 1. The van der Waals surface area contributed by atoms with Crippen molar-refractivity contribution in [3.05, 3.63) is 40.8 Å². The Hall–Kier alpha value is -1.42. The van der Waals surface area contributed by atoms with Crippen molar-refractivity contribution in [1.29, 1.82) is 0 Å². The number of aromatic nitrogens is 2. The average molecular weight is 321 g/mol. The second-order valence-corrected chi connectivity index (χ2v) is 5.33. The third-order valence-corrected chi connectivity index (χ3v) is 3.51. The van der Waals surface area contributed by atoms with Crippen LogP contribution in [-0.4, -0.2) is 15.3 Å². The van der Waals surface area contributed by atoms with E-state index in [9.17, 15) is 4.79 Å². The Morgan fingerprint density at radius 1 is 1.26 bits per heavy atom. The number of ketones is 1. The first-order valence-corrected chi connectivity index (χ1v) is 7.31. The highest BCUT2D eigenvalue weighted by Gasteiger charge is 2.14. The van der Waals surface area contributed by atoms with Gasteiger partial charge in [0.1, 0.15) is 0 Å². The van der Waals surface area contributed by atoms with Gasteiger partial charge in [0, 0.05) is 29.2 Å². The molecule has 0 aliphatic heterocycles. The Labute approximate surface area is 121 Å². The number of hydrogen-bond acceptors (Lipinski definition) is 2. The van der Waals surface area contributed by atoms with Crippen molar-refractivity contribution in [2.45, 2.75) is 33.2 Å². The molecule has 1 heterocycles. The molecule has 2 aromatic rings. The van der Waals surface area contributed by atoms with Crippen molar-refractivity contribution >= 4 is 21.7 Å². The minimum atomic E-state index is 0.118. The molecule has 100 valence electrons. The fourth-order valence-electron chi connectivity index (χ4n) is 1.98. The maximum absolute atomic E-state index is 12.0. The number of benzene rings is 1. The molecule has 0 saturated carbocycles. The Morgan fingerprint density at radius 3 is 2.53 bits per heavy atom. The van der Waals surface area contributed by atoms with E-state index in [2.05, 4.69) is 20.9 Å². The Kier molecular flexibility index (Phi) is 4.53. The molecule has 2 rings (SSSR count). The summed E-state index contributed by atoms with van der Waals surface area (Å²) in [5.41, 5.74) is 1.88. The van der Waals surface area contributed by atoms with Crippen LogP contribution in [0, 0.1) is 0 Å². The number of halogens is 1. The Balaban J connectivity index is 2.38. The summed E-state index contributed by atoms with van der Waals surface area (Å²) < 4.78 is 2.96. The molecule has 0 bridgehead atoms. The predicted octanol–water partition coefficient (Wildman–Crippen LogP) is 4.32. The highest BCUT2D eigenvalue weighted by Crippen LogP contribution is 2.22. The summed E-state index contributed by atoms with van der Waals surface area (Å²) in [5, 5.41) is 0. The third-order valence-electron chi connectivity index (χ3n) is 2.98. The van der Waals surface area contributed by atoms with Crippen LogP contribution in [0.3, 0.4) is 0 Å². The number of imidazole rings is 1. The first-order valence-electron chi connectivity index (χ1n) is 6.52. The molecule has 1 aromatic heterocycles. The van der Waals surface area contributed by atoms with Crippen LogP contribution in [0.2, 0.25) is 0 Å². The average Bonchev–Trinajstić information content (AvgIpc) is 2.84. The summed E-state index contributed by atoms with van der Waals surface area (Å²) in [6, 6.07) is 7.96. The molecule has 0 radical (unpaired) electrons. The van der Waals surface area contributed by atoms with Gasteiger partial charge in [0.05, 0.1) is 5.69 Å². The zero-order valence-electron chi connectivity index (χ0n) is 11.2. The summed E-state index contributed by atoms with van der Waals surface area (Å²) in [6.45, 7) is 4.79. The van der Waals surface area contributed by atoms with Gasteiger partial charge >= 0.3 is 0 Å². The number of nitrogens with zero attached hydrogens (tertiary/aromatic N) is 2. The zero-order chi connectivity index (χ0) is 13.8. The maximum Gasteiger partial charge on any atom is 0.198 e. The molecule has 0 atom stereocenters. The van der Waals surface area contributed by atoms with Crippen LogP contribution in [-0.2, 0) is 6.54 Å². The third kappa shape index (κ3) is 3.13. The van der Waals surface area contributed by atoms with Gasteiger partial charge in [0.2, 0.25) is 0 Å². The minimum Gasteiger partial charge on any atom is -0.328 e. The highest BCUT2D eigenvalue weighted by atomic mass is 79.9. The lowest BCUT2D eigenvalue weighted by Crippen LogP contribution is -2.08. The van der Waals surface area contributed by atoms with Gasteiger partial charge in [-0.25, -0.2) is 4.98 Å². The summed E-state index contributed by atoms with van der Waals surface area (Å²) in [6.07, 6.45) is 3.35. The molecule has 0 fully saturated rings. The standard InChI is InChI=1S/C15H17BrN2O/c1-3-5-14(19)15-17-13(10-18(15)4-2)11-6-8-12(16)9-7-11/h6-10H,3-5H2,1-2H3. The van der Waals surface area contributed by atoms with Gasteiger partial charge in [-0.05, 0) is 25.5 Å². The van der Waals surface area contributed by atoms with Gasteiger partial charge in [0.25, 0.3) is 0 Å². The summed E-state index contributed by atoms with van der Waals surface area (Å²) in [7, 11) is 0. The van der Waals surface area contributed by atoms with Crippen LogP contribution in [0.1, 0.15) is 37.3 Å². The van der Waals surface area contributed by atoms with Gasteiger partial charge in [-0.1, -0.05) is 35.0 Å². The first kappa shape index (κ1) is 14.0. The largest absolute Gasteiger partial charge is 0.328 e. The summed E-state index contributed by atoms with van der Waals surface area (Å²) >= 11 is 3.42. The minimum absolute atomic E-state index is 0.118. The first-order chi connectivity index (χ1) is 9.15. The van der Waals surface area contributed by atoms with Crippen LogP contribution in [0.25, 0.3) is 11.3 Å². The van der Waals surface area contributed by atoms with Crippen LogP contribution < -0.4 is 0 Å². The van der Waals surface area contributed by atoms with E-state index in [0.29, 0.717) is 12.2 Å². The lowest BCUT2D eigenvalue weighted by atomic mass is 10.2. The summed E-state index contributed by atoms with van der Waals surface area (Å²) in [4.78, 5) is 16.5. The molecule has 0 amide bonds. The maximum atomic E-state index is 12.0. The van der Waals surface area contributed by atoms with E-state index in [0.717, 1.165) is 28.7 Å². The molecule has 0 aliphatic rings. The lowest BCUT2D eigenvalue weighted by Gasteiger charge is -2.01. The Bertz CT molecular complexity index is 572. The molecule has 3 nitrogen and oxygen atoms in total. The van der Waals surface area contributed by atoms with Gasteiger partial charge in [-0.3, -0.25) is 4.79 Å². The van der Waals surface area contributed by atoms with Crippen LogP contribution in [0.5, 0.6) is 0 Å². The molecule has 19 heavy (non-hydrogen) atoms. The van der Waals surface area contributed by atoms with Gasteiger partial charge in [-0.15, -0.1) is 0 Å². The highest BCUT2D eigenvalue weighted by molar-refractivity contribution is 9.10. The predicted molar refractivity (Wildman–Crippen MR) is 80.3 cm³/mol. The molecule has 0 unspecified atom stereocenters. The molecule has 4 heteroatoms. The van der Waals surface area contributed by atoms with Crippen LogP contribution in [0.4, 0.5) is 0 Å². The second kappa shape index (κ2) is 6.15. The van der Waals surface area contributed by atoms with Gasteiger partial charge in [0.15, 0.2) is 11.6 Å². The van der Waals surface area contributed by atoms with Crippen LogP contribution >= 0.6 is 15.9 Å². The van der Waals surface area contributed by atoms with Crippen molar-refractivity contribution < 1.29 is 4.79 Å². The molecular weight excluding hydrogens is 304 g/mol. The van der Waals surface area contributed by atoms with Crippen molar-refractivity contribution in [1.82, 2.24) is 9.55 Å². The Morgan fingerprint density at radius 2 is 1.95 bits per heavy atom. The van der Waals surface area contributed by atoms with Crippen molar-refractivity contribution in [2.24, 2.45) is 0 Å². The zero-order valence-corrected chi connectivity index (χ0v) is 12.8. The fourth-order valence-corrected chi connectivity index (χ4v) is 2.24. The topological polar surface area (TPSA) is 34.9 Å². The number of carbonyl (C=O) groups is 1. The number of Topliss-reactive ketones (excluding diaryl/α,β-unsaturated/α-hetero) is 1.